The maximum Gasteiger partial charge on any atom is 0.141 e. The Morgan fingerprint density at radius 2 is 2.33 bits per heavy atom. The van der Waals surface area contributed by atoms with Gasteiger partial charge in [0.15, 0.2) is 0 Å². The smallest absolute Gasteiger partial charge is 0.141 e. The Balaban J connectivity index is 2.99. The molecule has 4 heteroatoms. The fourth-order valence-electron chi connectivity index (χ4n) is 1.21. The first-order chi connectivity index (χ1) is 5.70. The van der Waals surface area contributed by atoms with Crippen LogP contribution in [0, 0.1) is 3.57 Å². The Bertz CT molecular complexity index is 436. The van der Waals surface area contributed by atoms with E-state index in [4.69, 9.17) is 0 Å². The van der Waals surface area contributed by atoms with Gasteiger partial charge in [-0.05, 0) is 44.6 Å². The number of fused-ring (bicyclic) bond motifs is 1. The van der Waals surface area contributed by atoms with Crippen LogP contribution in [0.4, 0.5) is 0 Å². The molecule has 0 atom stereocenters. The second-order valence-corrected chi connectivity index (χ2v) is 4.60. The van der Waals surface area contributed by atoms with Gasteiger partial charge in [-0.3, -0.25) is 0 Å². The van der Waals surface area contributed by atoms with Crippen LogP contribution in [0.25, 0.3) is 11.0 Å². The highest BCUT2D eigenvalue weighted by Gasteiger charge is 2.07. The average Bonchev–Trinajstić information content (AvgIpc) is 2.29. The Labute approximate surface area is 92.2 Å². The SMILES string of the molecule is Cn1cc(I)c2c(Br)ccnc21. The molecule has 0 bridgehead atoms. The van der Waals surface area contributed by atoms with Crippen LogP contribution in [0.1, 0.15) is 0 Å². The van der Waals surface area contributed by atoms with Crippen molar-refractivity contribution < 1.29 is 0 Å². The summed E-state index contributed by atoms with van der Waals surface area (Å²) in [4.78, 5) is 4.29. The monoisotopic (exact) mass is 336 g/mol. The minimum atomic E-state index is 1.02. The summed E-state index contributed by atoms with van der Waals surface area (Å²) >= 11 is 5.82. The van der Waals surface area contributed by atoms with Crippen molar-refractivity contribution in [3.05, 3.63) is 26.5 Å². The van der Waals surface area contributed by atoms with Gasteiger partial charge in [-0.15, -0.1) is 0 Å². The summed E-state index contributed by atoms with van der Waals surface area (Å²) < 4.78 is 4.37. The van der Waals surface area contributed by atoms with Crippen molar-refractivity contribution in [3.8, 4) is 0 Å². The van der Waals surface area contributed by atoms with Crippen LogP contribution >= 0.6 is 38.5 Å². The molecule has 0 aliphatic rings. The summed E-state index contributed by atoms with van der Waals surface area (Å²) in [7, 11) is 2.00. The molecule has 2 rings (SSSR count). The van der Waals surface area contributed by atoms with E-state index in [1.807, 2.05) is 23.9 Å². The zero-order valence-corrected chi connectivity index (χ0v) is 10.1. The number of rotatable bonds is 0. The van der Waals surface area contributed by atoms with Crippen LogP contribution in [0.2, 0.25) is 0 Å². The summed E-state index contributed by atoms with van der Waals surface area (Å²) in [6.45, 7) is 0. The molecular weight excluding hydrogens is 331 g/mol. The standard InChI is InChI=1S/C8H6BrIN2/c1-12-4-6(10)7-5(9)2-3-11-8(7)12/h2-4H,1H3. The van der Waals surface area contributed by atoms with Crippen molar-refractivity contribution in [2.45, 2.75) is 0 Å². The third-order valence-corrected chi connectivity index (χ3v) is 3.24. The van der Waals surface area contributed by atoms with Gasteiger partial charge in [0.05, 0.1) is 0 Å². The number of nitrogens with zero attached hydrogens (tertiary/aromatic N) is 2. The van der Waals surface area contributed by atoms with Crippen LogP contribution in [0.15, 0.2) is 22.9 Å². The molecule has 0 fully saturated rings. The largest absolute Gasteiger partial charge is 0.334 e. The van der Waals surface area contributed by atoms with Gasteiger partial charge in [-0.1, -0.05) is 0 Å². The Kier molecular flexibility index (Phi) is 2.12. The van der Waals surface area contributed by atoms with Crippen molar-refractivity contribution in [2.75, 3.05) is 0 Å². The van der Waals surface area contributed by atoms with Gasteiger partial charge in [-0.2, -0.15) is 0 Å². The highest BCUT2D eigenvalue weighted by Crippen LogP contribution is 2.27. The predicted molar refractivity (Wildman–Crippen MR) is 61.1 cm³/mol. The first kappa shape index (κ1) is 8.50. The number of hydrogen-bond acceptors (Lipinski definition) is 1. The van der Waals surface area contributed by atoms with E-state index in [9.17, 15) is 0 Å². The molecule has 0 unspecified atom stereocenters. The van der Waals surface area contributed by atoms with Crippen molar-refractivity contribution in [1.29, 1.82) is 0 Å². The van der Waals surface area contributed by atoms with E-state index >= 15 is 0 Å². The molecule has 0 radical (unpaired) electrons. The van der Waals surface area contributed by atoms with Crippen molar-refractivity contribution in [1.82, 2.24) is 9.55 Å². The lowest BCUT2D eigenvalue weighted by Crippen LogP contribution is -1.86. The molecule has 2 nitrogen and oxygen atoms in total. The number of halogens is 2. The fourth-order valence-corrected chi connectivity index (χ4v) is 3.04. The normalized spacial score (nSPS) is 10.9. The molecule has 0 N–H and O–H groups in total. The molecule has 0 aliphatic carbocycles. The minimum Gasteiger partial charge on any atom is -0.334 e. The highest BCUT2D eigenvalue weighted by molar-refractivity contribution is 14.1. The van der Waals surface area contributed by atoms with E-state index in [0.717, 1.165) is 10.1 Å². The molecule has 2 aromatic rings. The van der Waals surface area contributed by atoms with Gasteiger partial charge in [0.1, 0.15) is 5.65 Å². The Morgan fingerprint density at radius 1 is 1.58 bits per heavy atom. The van der Waals surface area contributed by atoms with E-state index in [0.29, 0.717) is 0 Å². The van der Waals surface area contributed by atoms with Crippen LogP contribution < -0.4 is 0 Å². The van der Waals surface area contributed by atoms with Gasteiger partial charge >= 0.3 is 0 Å². The molecule has 0 spiro atoms. The van der Waals surface area contributed by atoms with Crippen molar-refractivity contribution >= 4 is 49.6 Å². The number of aryl methyl sites for hydroxylation is 1. The maximum atomic E-state index is 4.29. The van der Waals surface area contributed by atoms with E-state index in [1.54, 1.807) is 0 Å². The molecule has 12 heavy (non-hydrogen) atoms. The zero-order valence-electron chi connectivity index (χ0n) is 6.38. The van der Waals surface area contributed by atoms with Gasteiger partial charge in [0, 0.05) is 32.9 Å². The molecular formula is C8H6BrIN2. The Hall–Kier alpha value is -0.100. The predicted octanol–water partition coefficient (Wildman–Crippen LogP) is 2.94. The molecule has 2 aromatic heterocycles. The number of hydrogen-bond donors (Lipinski definition) is 0. The van der Waals surface area contributed by atoms with E-state index in [1.165, 1.54) is 8.96 Å². The van der Waals surface area contributed by atoms with E-state index in [-0.39, 0.29) is 0 Å². The highest BCUT2D eigenvalue weighted by atomic mass is 127. The van der Waals surface area contributed by atoms with E-state index < -0.39 is 0 Å². The third-order valence-electron chi connectivity index (χ3n) is 1.76. The Morgan fingerprint density at radius 3 is 3.00 bits per heavy atom. The number of pyridine rings is 1. The number of aromatic nitrogens is 2. The summed E-state index contributed by atoms with van der Waals surface area (Å²) in [5.41, 5.74) is 1.02. The molecule has 0 aliphatic heterocycles. The first-order valence-electron chi connectivity index (χ1n) is 3.45. The van der Waals surface area contributed by atoms with E-state index in [2.05, 4.69) is 49.7 Å². The summed E-state index contributed by atoms with van der Waals surface area (Å²) in [6.07, 6.45) is 3.88. The lowest BCUT2D eigenvalue weighted by molar-refractivity contribution is 0.946. The zero-order chi connectivity index (χ0) is 8.72. The lowest BCUT2D eigenvalue weighted by atomic mass is 10.3. The van der Waals surface area contributed by atoms with Gasteiger partial charge in [-0.25, -0.2) is 4.98 Å². The maximum absolute atomic E-state index is 4.29. The molecule has 0 amide bonds. The van der Waals surface area contributed by atoms with Crippen LogP contribution in [0.3, 0.4) is 0 Å². The quantitative estimate of drug-likeness (QED) is 0.676. The summed E-state index contributed by atoms with van der Waals surface area (Å²) in [5, 5.41) is 1.20. The summed E-state index contributed by atoms with van der Waals surface area (Å²) in [5.74, 6) is 0. The summed E-state index contributed by atoms with van der Waals surface area (Å²) in [6, 6.07) is 1.96. The average molecular weight is 337 g/mol. The second-order valence-electron chi connectivity index (χ2n) is 2.58. The lowest BCUT2D eigenvalue weighted by Gasteiger charge is -1.95. The fraction of sp³-hybridized carbons (Fsp3) is 0.125. The molecule has 0 saturated carbocycles. The van der Waals surface area contributed by atoms with Crippen molar-refractivity contribution in [3.63, 3.8) is 0 Å². The molecule has 0 saturated heterocycles. The topological polar surface area (TPSA) is 17.8 Å². The minimum absolute atomic E-state index is 1.02. The van der Waals surface area contributed by atoms with Gasteiger partial charge in [0.2, 0.25) is 0 Å². The molecule has 0 aromatic carbocycles. The second kappa shape index (κ2) is 2.99. The van der Waals surface area contributed by atoms with Crippen LogP contribution in [-0.4, -0.2) is 9.55 Å². The van der Waals surface area contributed by atoms with Crippen LogP contribution in [-0.2, 0) is 7.05 Å². The van der Waals surface area contributed by atoms with Gasteiger partial charge < -0.3 is 4.57 Å². The van der Waals surface area contributed by atoms with Crippen molar-refractivity contribution in [2.24, 2.45) is 7.05 Å². The van der Waals surface area contributed by atoms with Crippen LogP contribution in [0.5, 0.6) is 0 Å². The van der Waals surface area contributed by atoms with Gasteiger partial charge in [0.25, 0.3) is 0 Å². The third kappa shape index (κ3) is 1.17. The molecule has 62 valence electrons. The first-order valence-corrected chi connectivity index (χ1v) is 5.32. The molecule has 2 heterocycles.